The highest BCUT2D eigenvalue weighted by atomic mass is 35.5. The molecular formula is C16H22ClNO3. The van der Waals surface area contributed by atoms with Gasteiger partial charge in [-0.25, -0.2) is 0 Å². The third-order valence-electron chi connectivity index (χ3n) is 3.65. The van der Waals surface area contributed by atoms with Crippen LogP contribution >= 0.6 is 11.6 Å². The smallest absolute Gasteiger partial charge is 0.306 e. The molecule has 0 spiro atoms. The zero-order valence-corrected chi connectivity index (χ0v) is 13.3. The van der Waals surface area contributed by atoms with Gasteiger partial charge in [-0.3, -0.25) is 4.79 Å². The van der Waals surface area contributed by atoms with Crippen molar-refractivity contribution in [2.24, 2.45) is 11.7 Å². The molecule has 0 radical (unpaired) electrons. The van der Waals surface area contributed by atoms with Crippen LogP contribution in [0.2, 0.25) is 5.02 Å². The second-order valence-electron chi connectivity index (χ2n) is 5.54. The van der Waals surface area contributed by atoms with Gasteiger partial charge in [0.25, 0.3) is 0 Å². The first-order valence-corrected chi connectivity index (χ1v) is 7.75. The van der Waals surface area contributed by atoms with E-state index in [-0.39, 0.29) is 17.9 Å². The molecule has 0 saturated heterocycles. The number of benzene rings is 1. The summed E-state index contributed by atoms with van der Waals surface area (Å²) in [4.78, 5) is 11.5. The first kappa shape index (κ1) is 16.1. The molecule has 1 heterocycles. The highest BCUT2D eigenvalue weighted by Gasteiger charge is 2.23. The van der Waals surface area contributed by atoms with Crippen LogP contribution in [0.15, 0.2) is 12.1 Å². The number of hydrogen-bond donors (Lipinski definition) is 1. The van der Waals surface area contributed by atoms with E-state index in [0.717, 1.165) is 23.3 Å². The van der Waals surface area contributed by atoms with Gasteiger partial charge in [-0.05, 0) is 37.0 Å². The van der Waals surface area contributed by atoms with Crippen molar-refractivity contribution < 1.29 is 14.3 Å². The fraction of sp³-hybridized carbons (Fsp3) is 0.562. The van der Waals surface area contributed by atoms with E-state index in [2.05, 4.69) is 0 Å². The Labute approximate surface area is 130 Å². The summed E-state index contributed by atoms with van der Waals surface area (Å²) >= 11 is 6.15. The third kappa shape index (κ3) is 4.11. The average molecular weight is 312 g/mol. The predicted octanol–water partition coefficient (Wildman–Crippen LogP) is 3.25. The van der Waals surface area contributed by atoms with Gasteiger partial charge in [-0.1, -0.05) is 18.5 Å². The molecule has 0 fully saturated rings. The molecular weight excluding hydrogens is 290 g/mol. The lowest BCUT2D eigenvalue weighted by molar-refractivity contribution is -0.144. The molecule has 2 N–H and O–H groups in total. The van der Waals surface area contributed by atoms with Gasteiger partial charge in [0.05, 0.1) is 13.2 Å². The Hall–Kier alpha value is -1.26. The van der Waals surface area contributed by atoms with Crippen molar-refractivity contribution in [1.29, 1.82) is 0 Å². The minimum absolute atomic E-state index is 0.148. The third-order valence-corrected chi connectivity index (χ3v) is 3.87. The van der Waals surface area contributed by atoms with Crippen LogP contribution in [0.3, 0.4) is 0 Å². The highest BCUT2D eigenvalue weighted by Crippen LogP contribution is 2.37. The van der Waals surface area contributed by atoms with Crippen molar-refractivity contribution in [2.45, 2.75) is 39.2 Å². The van der Waals surface area contributed by atoms with Crippen LogP contribution < -0.4 is 10.5 Å². The minimum atomic E-state index is -0.194. The van der Waals surface area contributed by atoms with E-state index >= 15 is 0 Å². The number of ether oxygens (including phenoxy) is 2. The van der Waals surface area contributed by atoms with Gasteiger partial charge in [0.15, 0.2) is 0 Å². The predicted molar refractivity (Wildman–Crippen MR) is 82.6 cm³/mol. The Balaban J connectivity index is 2.04. The Morgan fingerprint density at radius 3 is 3.00 bits per heavy atom. The molecule has 1 aromatic rings. The number of carbonyl (C=O) groups is 1. The molecule has 1 aliphatic rings. The van der Waals surface area contributed by atoms with Crippen LogP contribution in [0.1, 0.15) is 43.9 Å². The average Bonchev–Trinajstić information content (AvgIpc) is 2.85. The molecule has 0 amide bonds. The zero-order chi connectivity index (χ0) is 15.4. The first-order valence-electron chi connectivity index (χ1n) is 7.37. The van der Waals surface area contributed by atoms with Gasteiger partial charge >= 0.3 is 5.97 Å². The van der Waals surface area contributed by atoms with E-state index in [0.29, 0.717) is 31.1 Å². The molecule has 0 aromatic heterocycles. The molecule has 2 atom stereocenters. The van der Waals surface area contributed by atoms with Gasteiger partial charge in [0.2, 0.25) is 0 Å². The number of fused-ring (bicyclic) bond motifs is 1. The molecule has 5 heteroatoms. The number of halogens is 1. The van der Waals surface area contributed by atoms with Crippen molar-refractivity contribution in [1.82, 2.24) is 0 Å². The maximum absolute atomic E-state index is 11.5. The minimum Gasteiger partial charge on any atom is -0.493 e. The zero-order valence-electron chi connectivity index (χ0n) is 12.5. The van der Waals surface area contributed by atoms with Crippen molar-refractivity contribution in [2.75, 3.05) is 13.2 Å². The molecule has 1 aromatic carbocycles. The Morgan fingerprint density at radius 2 is 2.29 bits per heavy atom. The maximum atomic E-state index is 11.5. The highest BCUT2D eigenvalue weighted by molar-refractivity contribution is 6.30. The fourth-order valence-electron chi connectivity index (χ4n) is 2.72. The van der Waals surface area contributed by atoms with E-state index in [4.69, 9.17) is 26.8 Å². The van der Waals surface area contributed by atoms with E-state index in [1.807, 2.05) is 19.1 Å². The second-order valence-corrected chi connectivity index (χ2v) is 5.97. The molecule has 2 rings (SSSR count). The lowest BCUT2D eigenvalue weighted by Crippen LogP contribution is -2.18. The normalized spacial score (nSPS) is 16.0. The summed E-state index contributed by atoms with van der Waals surface area (Å²) in [7, 11) is 0. The molecule has 0 saturated carbocycles. The molecule has 0 bridgehead atoms. The summed E-state index contributed by atoms with van der Waals surface area (Å²) in [6.45, 7) is 4.89. The fourth-order valence-corrected chi connectivity index (χ4v) is 2.97. The Morgan fingerprint density at radius 1 is 1.52 bits per heavy atom. The SMILES string of the molecule is CCOC(=O)CC(C)CC(N)c1cc(Cl)cc2c1OCC2. The van der Waals surface area contributed by atoms with Crippen LogP contribution in [0.25, 0.3) is 0 Å². The standard InChI is InChI=1S/C16H22ClNO3/c1-3-20-15(19)7-10(2)6-14(18)13-9-12(17)8-11-4-5-21-16(11)13/h8-10,14H,3-7,18H2,1-2H3. The summed E-state index contributed by atoms with van der Waals surface area (Å²) in [6, 6.07) is 3.61. The van der Waals surface area contributed by atoms with Crippen LogP contribution in [0, 0.1) is 5.92 Å². The van der Waals surface area contributed by atoms with Gasteiger partial charge in [0.1, 0.15) is 5.75 Å². The van der Waals surface area contributed by atoms with Crippen LogP contribution in [0.4, 0.5) is 0 Å². The Bertz CT molecular complexity index is 518. The molecule has 0 aliphatic carbocycles. The van der Waals surface area contributed by atoms with E-state index in [1.54, 1.807) is 6.92 Å². The Kier molecular flexibility index (Phi) is 5.48. The summed E-state index contributed by atoms with van der Waals surface area (Å²) in [5.41, 5.74) is 8.35. The van der Waals surface area contributed by atoms with E-state index < -0.39 is 0 Å². The number of hydrogen-bond acceptors (Lipinski definition) is 4. The summed E-state index contributed by atoms with van der Waals surface area (Å²) < 4.78 is 10.6. The molecule has 4 nitrogen and oxygen atoms in total. The molecule has 1 aliphatic heterocycles. The second kappa shape index (κ2) is 7.14. The molecule has 116 valence electrons. The van der Waals surface area contributed by atoms with Crippen LogP contribution in [-0.2, 0) is 16.0 Å². The summed E-state index contributed by atoms with van der Waals surface area (Å²) in [5, 5.41) is 0.683. The largest absolute Gasteiger partial charge is 0.493 e. The summed E-state index contributed by atoms with van der Waals surface area (Å²) in [6.07, 6.45) is 1.94. The maximum Gasteiger partial charge on any atom is 0.306 e. The van der Waals surface area contributed by atoms with Gasteiger partial charge in [0, 0.05) is 29.5 Å². The van der Waals surface area contributed by atoms with Crippen LogP contribution in [0.5, 0.6) is 5.75 Å². The van der Waals surface area contributed by atoms with E-state index in [9.17, 15) is 4.79 Å². The van der Waals surface area contributed by atoms with Gasteiger partial charge < -0.3 is 15.2 Å². The quantitative estimate of drug-likeness (QED) is 0.819. The lowest BCUT2D eigenvalue weighted by atomic mass is 9.93. The molecule has 2 unspecified atom stereocenters. The number of rotatable bonds is 6. The van der Waals surface area contributed by atoms with Gasteiger partial charge in [-0.15, -0.1) is 0 Å². The lowest BCUT2D eigenvalue weighted by Gasteiger charge is -2.19. The van der Waals surface area contributed by atoms with Crippen molar-refractivity contribution >= 4 is 17.6 Å². The molecule has 21 heavy (non-hydrogen) atoms. The number of carbonyl (C=O) groups excluding carboxylic acids is 1. The van der Waals surface area contributed by atoms with Crippen LogP contribution in [-0.4, -0.2) is 19.2 Å². The topological polar surface area (TPSA) is 61.5 Å². The monoisotopic (exact) mass is 311 g/mol. The van der Waals surface area contributed by atoms with Crippen molar-refractivity contribution in [3.8, 4) is 5.75 Å². The summed E-state index contributed by atoms with van der Waals surface area (Å²) in [5.74, 6) is 0.843. The van der Waals surface area contributed by atoms with Gasteiger partial charge in [-0.2, -0.15) is 0 Å². The van der Waals surface area contributed by atoms with Crippen molar-refractivity contribution in [3.05, 3.63) is 28.3 Å². The van der Waals surface area contributed by atoms with E-state index in [1.165, 1.54) is 0 Å². The van der Waals surface area contributed by atoms with Crippen molar-refractivity contribution in [3.63, 3.8) is 0 Å². The number of nitrogens with two attached hydrogens (primary N) is 1. The number of esters is 1. The first-order chi connectivity index (χ1) is 10.0.